The predicted molar refractivity (Wildman–Crippen MR) is 150 cm³/mol. The van der Waals surface area contributed by atoms with Gasteiger partial charge in [0.2, 0.25) is 0 Å². The van der Waals surface area contributed by atoms with Crippen LogP contribution in [0.5, 0.6) is 5.75 Å². The Kier molecular flexibility index (Phi) is 7.43. The Balaban J connectivity index is 1.21. The molecule has 5 rings (SSSR count). The molecule has 190 valence electrons. The fraction of sp³-hybridized carbons (Fsp3) is 0.312. The van der Waals surface area contributed by atoms with E-state index in [9.17, 15) is 9.90 Å². The van der Waals surface area contributed by atoms with E-state index in [1.165, 1.54) is 43.2 Å². The number of benzene rings is 3. The van der Waals surface area contributed by atoms with E-state index in [0.29, 0.717) is 6.61 Å². The lowest BCUT2D eigenvalue weighted by Gasteiger charge is -2.22. The minimum absolute atomic E-state index is 0.290. The molecule has 0 amide bonds. The number of rotatable bonds is 8. The molecule has 0 unspecified atom stereocenters. The van der Waals surface area contributed by atoms with E-state index in [2.05, 4.69) is 55.6 Å². The molecule has 1 heterocycles. The molecule has 1 aliphatic rings. The quantitative estimate of drug-likeness (QED) is 0.258. The first kappa shape index (κ1) is 25.2. The van der Waals surface area contributed by atoms with Crippen LogP contribution in [0.2, 0.25) is 0 Å². The maximum Gasteiger partial charge on any atom is 0.335 e. The molecular weight excluding hydrogens is 478 g/mol. The number of ether oxygens (including phenoxy) is 1. The van der Waals surface area contributed by atoms with Crippen molar-refractivity contribution in [2.75, 3.05) is 0 Å². The van der Waals surface area contributed by atoms with Gasteiger partial charge in [-0.3, -0.25) is 0 Å². The number of hydrogen-bond donors (Lipinski definition) is 1. The van der Waals surface area contributed by atoms with Gasteiger partial charge in [-0.2, -0.15) is 0 Å². The summed E-state index contributed by atoms with van der Waals surface area (Å²) in [5.74, 6) is 0.654. The van der Waals surface area contributed by atoms with Crippen LogP contribution >= 0.6 is 11.3 Å². The molecular formula is C32H33NO3S. The number of aromatic carboxylic acids is 1. The lowest BCUT2D eigenvalue weighted by atomic mass is 9.84. The Morgan fingerprint density at radius 2 is 1.62 bits per heavy atom. The molecule has 1 fully saturated rings. The van der Waals surface area contributed by atoms with Gasteiger partial charge in [-0.1, -0.05) is 55.7 Å². The molecule has 0 aliphatic heterocycles. The first-order valence-corrected chi connectivity index (χ1v) is 13.9. The van der Waals surface area contributed by atoms with Crippen molar-refractivity contribution in [3.8, 4) is 17.0 Å². The SMILES string of the molecule is CC(C)(c1ccc(C(=O)O)cc1)c1nc(-c2ccc(OCc3ccc(C4CCCCC4)cc3)cc2)cs1. The summed E-state index contributed by atoms with van der Waals surface area (Å²) < 4.78 is 6.05. The van der Waals surface area contributed by atoms with Crippen molar-refractivity contribution in [3.63, 3.8) is 0 Å². The van der Waals surface area contributed by atoms with Gasteiger partial charge in [-0.15, -0.1) is 11.3 Å². The smallest absolute Gasteiger partial charge is 0.335 e. The number of carbonyl (C=O) groups is 1. The molecule has 3 aromatic carbocycles. The second-order valence-electron chi connectivity index (χ2n) is 10.4. The molecule has 1 N–H and O–H groups in total. The minimum Gasteiger partial charge on any atom is -0.489 e. The van der Waals surface area contributed by atoms with Crippen LogP contribution in [0.4, 0.5) is 0 Å². The number of aromatic nitrogens is 1. The van der Waals surface area contributed by atoms with Crippen molar-refractivity contribution < 1.29 is 14.6 Å². The van der Waals surface area contributed by atoms with Gasteiger partial charge in [0, 0.05) is 16.4 Å². The number of hydrogen-bond acceptors (Lipinski definition) is 4. The number of carboxylic acid groups (broad SMARTS) is 1. The van der Waals surface area contributed by atoms with Crippen molar-refractivity contribution in [3.05, 3.63) is 105 Å². The van der Waals surface area contributed by atoms with Gasteiger partial charge in [0.25, 0.3) is 0 Å². The first-order chi connectivity index (χ1) is 17.9. The van der Waals surface area contributed by atoms with Crippen molar-refractivity contribution in [1.29, 1.82) is 0 Å². The van der Waals surface area contributed by atoms with Gasteiger partial charge in [-0.25, -0.2) is 9.78 Å². The van der Waals surface area contributed by atoms with E-state index in [1.807, 2.05) is 24.3 Å². The highest BCUT2D eigenvalue weighted by atomic mass is 32.1. The van der Waals surface area contributed by atoms with Crippen molar-refractivity contribution >= 4 is 17.3 Å². The Bertz CT molecular complexity index is 1330. The average molecular weight is 512 g/mol. The summed E-state index contributed by atoms with van der Waals surface area (Å²) in [6.07, 6.45) is 6.73. The standard InChI is InChI=1S/C32H33NO3S/c1-32(2,27-16-12-26(13-17-27)30(34)35)31-33-29(21-37-31)25-14-18-28(19-15-25)36-20-22-8-10-24(11-9-22)23-6-4-3-5-7-23/h8-19,21,23H,3-7,20H2,1-2H3,(H,34,35). The largest absolute Gasteiger partial charge is 0.489 e. The maximum absolute atomic E-state index is 11.2. The van der Waals surface area contributed by atoms with Crippen LogP contribution in [0.15, 0.2) is 78.2 Å². The fourth-order valence-electron chi connectivity index (χ4n) is 5.06. The molecule has 1 aromatic heterocycles. The molecule has 1 aliphatic carbocycles. The first-order valence-electron chi connectivity index (χ1n) is 13.0. The molecule has 0 saturated heterocycles. The summed E-state index contributed by atoms with van der Waals surface area (Å²) in [7, 11) is 0. The Morgan fingerprint density at radius 3 is 2.27 bits per heavy atom. The van der Waals surface area contributed by atoms with Crippen molar-refractivity contribution in [1.82, 2.24) is 4.98 Å². The van der Waals surface area contributed by atoms with E-state index in [-0.39, 0.29) is 11.0 Å². The van der Waals surface area contributed by atoms with Crippen LogP contribution in [0.25, 0.3) is 11.3 Å². The predicted octanol–water partition coefficient (Wildman–Crippen LogP) is 8.46. The zero-order valence-electron chi connectivity index (χ0n) is 21.4. The zero-order chi connectivity index (χ0) is 25.8. The van der Waals surface area contributed by atoms with Gasteiger partial charge >= 0.3 is 5.97 Å². The summed E-state index contributed by atoms with van der Waals surface area (Å²) in [5.41, 5.74) is 5.63. The summed E-state index contributed by atoms with van der Waals surface area (Å²) in [6, 6.07) is 24.1. The van der Waals surface area contributed by atoms with Crippen LogP contribution in [0.3, 0.4) is 0 Å². The highest BCUT2D eigenvalue weighted by Gasteiger charge is 2.27. The number of nitrogens with zero attached hydrogens (tertiary/aromatic N) is 1. The van der Waals surface area contributed by atoms with Crippen LogP contribution in [-0.4, -0.2) is 16.1 Å². The lowest BCUT2D eigenvalue weighted by Crippen LogP contribution is -2.18. The normalized spacial score (nSPS) is 14.4. The molecule has 0 atom stereocenters. The molecule has 1 saturated carbocycles. The third kappa shape index (κ3) is 5.78. The van der Waals surface area contributed by atoms with Crippen molar-refractivity contribution in [2.24, 2.45) is 0 Å². The molecule has 4 nitrogen and oxygen atoms in total. The summed E-state index contributed by atoms with van der Waals surface area (Å²) in [4.78, 5) is 16.1. The van der Waals surface area contributed by atoms with Gasteiger partial charge < -0.3 is 9.84 Å². The Hall–Kier alpha value is -3.44. The summed E-state index contributed by atoms with van der Waals surface area (Å²) in [5, 5.41) is 12.2. The highest BCUT2D eigenvalue weighted by molar-refractivity contribution is 7.10. The fourth-order valence-corrected chi connectivity index (χ4v) is 6.03. The zero-order valence-corrected chi connectivity index (χ0v) is 22.3. The molecule has 4 aromatic rings. The second-order valence-corrected chi connectivity index (χ2v) is 11.3. The summed E-state index contributed by atoms with van der Waals surface area (Å²) >= 11 is 1.62. The van der Waals surface area contributed by atoms with E-state index in [1.54, 1.807) is 23.5 Å². The number of carboxylic acids is 1. The molecule has 37 heavy (non-hydrogen) atoms. The topological polar surface area (TPSA) is 59.4 Å². The van der Waals surface area contributed by atoms with Gasteiger partial charge in [0.05, 0.1) is 11.3 Å². The molecule has 5 heteroatoms. The van der Waals surface area contributed by atoms with Crippen LogP contribution in [-0.2, 0) is 12.0 Å². The Labute approximate surface area is 223 Å². The molecule has 0 bridgehead atoms. The van der Waals surface area contributed by atoms with Gasteiger partial charge in [0.1, 0.15) is 17.4 Å². The Morgan fingerprint density at radius 1 is 0.946 bits per heavy atom. The van der Waals surface area contributed by atoms with Crippen molar-refractivity contribution in [2.45, 2.75) is 63.9 Å². The molecule has 0 radical (unpaired) electrons. The summed E-state index contributed by atoms with van der Waals surface area (Å²) in [6.45, 7) is 4.79. The van der Waals surface area contributed by atoms with Crippen LogP contribution < -0.4 is 4.74 Å². The van der Waals surface area contributed by atoms with E-state index in [4.69, 9.17) is 9.72 Å². The number of thiazole rings is 1. The van der Waals surface area contributed by atoms with Gasteiger partial charge in [-0.05, 0) is 85.7 Å². The van der Waals surface area contributed by atoms with Crippen LogP contribution in [0, 0.1) is 0 Å². The molecule has 0 spiro atoms. The van der Waals surface area contributed by atoms with Gasteiger partial charge in [0.15, 0.2) is 0 Å². The highest BCUT2D eigenvalue weighted by Crippen LogP contribution is 2.36. The maximum atomic E-state index is 11.2. The second kappa shape index (κ2) is 10.9. The van der Waals surface area contributed by atoms with E-state index in [0.717, 1.165) is 33.5 Å². The third-order valence-electron chi connectivity index (χ3n) is 7.50. The monoisotopic (exact) mass is 511 g/mol. The lowest BCUT2D eigenvalue weighted by molar-refractivity contribution is 0.0697. The average Bonchev–Trinajstić information content (AvgIpc) is 3.44. The third-order valence-corrected chi connectivity index (χ3v) is 8.67. The van der Waals surface area contributed by atoms with Crippen LogP contribution in [0.1, 0.15) is 83.9 Å². The van der Waals surface area contributed by atoms with E-state index < -0.39 is 5.97 Å². The minimum atomic E-state index is -0.916. The van der Waals surface area contributed by atoms with E-state index >= 15 is 0 Å².